The van der Waals surface area contributed by atoms with E-state index in [1.165, 1.54) is 43.5 Å². The highest BCUT2D eigenvalue weighted by Gasteiger charge is 2.19. The summed E-state index contributed by atoms with van der Waals surface area (Å²) in [6.45, 7) is 1.50. The monoisotopic (exact) mass is 530 g/mol. The average molecular weight is 531 g/mol. The van der Waals surface area contributed by atoms with E-state index in [9.17, 15) is 18.0 Å². The van der Waals surface area contributed by atoms with Crippen molar-refractivity contribution in [3.8, 4) is 17.2 Å². The minimum atomic E-state index is -4.06. The van der Waals surface area contributed by atoms with Crippen LogP contribution in [0.2, 0.25) is 5.02 Å². The van der Waals surface area contributed by atoms with Gasteiger partial charge in [-0.2, -0.15) is 8.42 Å². The van der Waals surface area contributed by atoms with Crippen LogP contribution in [-0.2, 0) is 19.7 Å². The predicted octanol–water partition coefficient (Wildman–Crippen LogP) is 3.66. The summed E-state index contributed by atoms with van der Waals surface area (Å²) in [6.07, 6.45) is 2.62. The molecule has 0 atom stereocenters. The van der Waals surface area contributed by atoms with Crippen LogP contribution in [0.25, 0.3) is 6.08 Å². The smallest absolute Gasteiger partial charge is 0.339 e. The van der Waals surface area contributed by atoms with Crippen molar-refractivity contribution < 1.29 is 31.7 Å². The second kappa shape index (κ2) is 12.1. The second-order valence-electron chi connectivity index (χ2n) is 7.35. The number of aryl methyl sites for hydroxylation is 1. The first-order valence-electron chi connectivity index (χ1n) is 10.5. The Bertz CT molecular complexity index is 1370. The molecule has 188 valence electrons. The van der Waals surface area contributed by atoms with Crippen molar-refractivity contribution >= 4 is 39.6 Å². The molecule has 0 saturated heterocycles. The number of amides is 2. The lowest BCUT2D eigenvalue weighted by Gasteiger charge is -2.11. The average Bonchev–Trinajstić information content (AvgIpc) is 2.86. The van der Waals surface area contributed by atoms with Gasteiger partial charge in [-0.1, -0.05) is 47.5 Å². The fraction of sp³-hybridized carbons (Fsp3) is 0.120. The van der Waals surface area contributed by atoms with Gasteiger partial charge in [0.25, 0.3) is 11.8 Å². The van der Waals surface area contributed by atoms with Crippen molar-refractivity contribution in [1.29, 1.82) is 0 Å². The number of hydrazine groups is 1. The predicted molar refractivity (Wildman–Crippen MR) is 134 cm³/mol. The van der Waals surface area contributed by atoms with E-state index in [0.29, 0.717) is 16.3 Å². The molecule has 3 aromatic rings. The van der Waals surface area contributed by atoms with Crippen LogP contribution in [0.1, 0.15) is 11.1 Å². The van der Waals surface area contributed by atoms with Crippen LogP contribution in [0, 0.1) is 6.92 Å². The molecule has 0 aliphatic carbocycles. The molecular weight excluding hydrogens is 508 g/mol. The summed E-state index contributed by atoms with van der Waals surface area (Å²) in [5, 5.41) is 0.358. The molecule has 0 saturated carbocycles. The summed E-state index contributed by atoms with van der Waals surface area (Å²) in [4.78, 5) is 23.9. The zero-order valence-electron chi connectivity index (χ0n) is 19.4. The molecular formula is C25H23ClN2O7S. The summed E-state index contributed by atoms with van der Waals surface area (Å²) in [5.74, 6) is -0.714. The van der Waals surface area contributed by atoms with Crippen LogP contribution >= 0.6 is 11.6 Å². The largest absolute Gasteiger partial charge is 0.493 e. The Morgan fingerprint density at radius 1 is 0.944 bits per heavy atom. The van der Waals surface area contributed by atoms with Crippen molar-refractivity contribution in [2.45, 2.75) is 11.8 Å². The van der Waals surface area contributed by atoms with Gasteiger partial charge in [-0.05, 0) is 55.0 Å². The van der Waals surface area contributed by atoms with Crippen LogP contribution in [0.5, 0.6) is 17.2 Å². The van der Waals surface area contributed by atoms with E-state index in [1.54, 1.807) is 42.5 Å². The number of rotatable bonds is 9. The SMILES string of the molecule is COc1cc(/C=C\C(=O)NNC(=O)COc2ccccc2Cl)ccc1OS(=O)(=O)c1ccc(C)cc1. The molecule has 0 fully saturated rings. The lowest BCUT2D eigenvalue weighted by Crippen LogP contribution is -2.43. The van der Waals surface area contributed by atoms with Crippen LogP contribution < -0.4 is 24.5 Å². The topological polar surface area (TPSA) is 120 Å². The number of carbonyl (C=O) groups is 2. The fourth-order valence-electron chi connectivity index (χ4n) is 2.81. The molecule has 3 aromatic carbocycles. The zero-order valence-corrected chi connectivity index (χ0v) is 20.9. The van der Waals surface area contributed by atoms with E-state index in [4.69, 9.17) is 25.3 Å². The molecule has 2 amide bonds. The second-order valence-corrected chi connectivity index (χ2v) is 9.30. The number of halogens is 1. The Morgan fingerprint density at radius 2 is 1.67 bits per heavy atom. The molecule has 36 heavy (non-hydrogen) atoms. The van der Waals surface area contributed by atoms with Gasteiger partial charge in [-0.25, -0.2) is 0 Å². The standard InChI is InChI=1S/C25H23ClN2O7S/c1-17-7-11-19(12-8-17)36(31,32)35-22-13-9-18(15-23(22)33-2)10-14-24(29)27-28-25(30)16-34-21-6-4-3-5-20(21)26/h3-15H,16H2,1-2H3,(H,27,29)(H,28,30)/b14-10-. The molecule has 0 unspecified atom stereocenters. The third-order valence-corrected chi connectivity index (χ3v) is 6.21. The first-order chi connectivity index (χ1) is 17.2. The Kier molecular flexibility index (Phi) is 8.93. The van der Waals surface area contributed by atoms with Crippen molar-refractivity contribution in [3.63, 3.8) is 0 Å². The van der Waals surface area contributed by atoms with Gasteiger partial charge in [0, 0.05) is 6.08 Å². The van der Waals surface area contributed by atoms with Gasteiger partial charge in [0.2, 0.25) is 0 Å². The Labute approximate surface area is 213 Å². The van der Waals surface area contributed by atoms with Crippen molar-refractivity contribution in [2.24, 2.45) is 0 Å². The lowest BCUT2D eigenvalue weighted by molar-refractivity contribution is -0.128. The van der Waals surface area contributed by atoms with Gasteiger partial charge in [-0.3, -0.25) is 20.4 Å². The highest BCUT2D eigenvalue weighted by atomic mass is 35.5. The quantitative estimate of drug-likeness (QED) is 0.246. The third-order valence-electron chi connectivity index (χ3n) is 4.64. The maximum absolute atomic E-state index is 12.6. The van der Waals surface area contributed by atoms with Gasteiger partial charge in [0.05, 0.1) is 12.1 Å². The van der Waals surface area contributed by atoms with E-state index < -0.39 is 21.9 Å². The molecule has 0 bridgehead atoms. The maximum atomic E-state index is 12.6. The van der Waals surface area contributed by atoms with Gasteiger partial charge in [0.15, 0.2) is 18.1 Å². The summed E-state index contributed by atoms with van der Waals surface area (Å²) in [6, 6.07) is 17.4. The molecule has 9 nitrogen and oxygen atoms in total. The van der Waals surface area contributed by atoms with Crippen LogP contribution in [0.15, 0.2) is 77.7 Å². The number of hydrogen-bond acceptors (Lipinski definition) is 7. The Balaban J connectivity index is 1.56. The number of benzene rings is 3. The summed E-state index contributed by atoms with van der Waals surface area (Å²) in [5.41, 5.74) is 5.88. The van der Waals surface area contributed by atoms with E-state index in [1.807, 2.05) is 6.92 Å². The summed E-state index contributed by atoms with van der Waals surface area (Å²) >= 11 is 5.95. The number of hydrogen-bond donors (Lipinski definition) is 2. The Morgan fingerprint density at radius 3 is 2.36 bits per heavy atom. The minimum Gasteiger partial charge on any atom is -0.493 e. The van der Waals surface area contributed by atoms with E-state index >= 15 is 0 Å². The highest BCUT2D eigenvalue weighted by molar-refractivity contribution is 7.87. The number of carbonyl (C=O) groups excluding carboxylic acids is 2. The Hall–Kier alpha value is -4.02. The molecule has 0 aromatic heterocycles. The highest BCUT2D eigenvalue weighted by Crippen LogP contribution is 2.31. The third kappa shape index (κ3) is 7.49. The van der Waals surface area contributed by atoms with Crippen molar-refractivity contribution in [2.75, 3.05) is 13.7 Å². The van der Waals surface area contributed by atoms with E-state index in [-0.39, 0.29) is 23.0 Å². The van der Waals surface area contributed by atoms with Crippen LogP contribution in [-0.4, -0.2) is 33.9 Å². The van der Waals surface area contributed by atoms with Crippen LogP contribution in [0.4, 0.5) is 0 Å². The number of methoxy groups -OCH3 is 1. The summed E-state index contributed by atoms with van der Waals surface area (Å²) in [7, 11) is -2.70. The van der Waals surface area contributed by atoms with Gasteiger partial charge in [0.1, 0.15) is 10.6 Å². The molecule has 0 spiro atoms. The fourth-order valence-corrected chi connectivity index (χ4v) is 3.94. The van der Waals surface area contributed by atoms with Gasteiger partial charge in [-0.15, -0.1) is 0 Å². The normalized spacial score (nSPS) is 11.1. The summed E-state index contributed by atoms with van der Waals surface area (Å²) < 4.78 is 40.9. The zero-order chi connectivity index (χ0) is 26.1. The lowest BCUT2D eigenvalue weighted by atomic mass is 10.2. The molecule has 0 radical (unpaired) electrons. The molecule has 3 rings (SSSR count). The molecule has 11 heteroatoms. The minimum absolute atomic E-state index is 0.00883. The molecule has 2 N–H and O–H groups in total. The molecule has 0 heterocycles. The number of para-hydroxylation sites is 1. The maximum Gasteiger partial charge on any atom is 0.339 e. The van der Waals surface area contributed by atoms with Crippen LogP contribution in [0.3, 0.4) is 0 Å². The molecule has 0 aliphatic rings. The first kappa shape index (κ1) is 26.6. The molecule has 0 aliphatic heterocycles. The van der Waals surface area contributed by atoms with Gasteiger partial charge >= 0.3 is 10.1 Å². The number of nitrogens with one attached hydrogen (secondary N) is 2. The number of ether oxygens (including phenoxy) is 2. The van der Waals surface area contributed by atoms with Gasteiger partial charge < -0.3 is 13.7 Å². The first-order valence-corrected chi connectivity index (χ1v) is 12.3. The van der Waals surface area contributed by atoms with E-state index in [0.717, 1.165) is 5.56 Å². The van der Waals surface area contributed by atoms with Crippen molar-refractivity contribution in [3.05, 3.63) is 89.0 Å². The van der Waals surface area contributed by atoms with Crippen molar-refractivity contribution in [1.82, 2.24) is 10.9 Å². The van der Waals surface area contributed by atoms with E-state index in [2.05, 4.69) is 10.9 Å².